The highest BCUT2D eigenvalue weighted by molar-refractivity contribution is 5.82. The third-order valence-electron chi connectivity index (χ3n) is 4.93. The monoisotopic (exact) mass is 347 g/mol. The molecule has 0 unspecified atom stereocenters. The van der Waals surface area contributed by atoms with E-state index in [4.69, 9.17) is 10.5 Å². The number of nitrogens with two attached hydrogens (primary N) is 1. The fourth-order valence-electron chi connectivity index (χ4n) is 3.04. The topological polar surface area (TPSA) is 75.9 Å². The zero-order chi connectivity index (χ0) is 18.4. The maximum atomic E-state index is 12.6. The predicted molar refractivity (Wildman–Crippen MR) is 97.3 cm³/mol. The van der Waals surface area contributed by atoms with Crippen molar-refractivity contribution < 1.29 is 14.3 Å². The van der Waals surface area contributed by atoms with Gasteiger partial charge < -0.3 is 15.4 Å². The molecule has 0 spiro atoms. The Morgan fingerprint density at radius 1 is 1.36 bits per heavy atom. The van der Waals surface area contributed by atoms with Crippen molar-refractivity contribution in [2.45, 2.75) is 32.7 Å². The molecule has 25 heavy (non-hydrogen) atoms. The maximum Gasteiger partial charge on any atom is 0.239 e. The SMILES string of the molecule is Cc1cccc(OCCN(C)[C@@H](C)C(=O)N2CCC(C(N)=O)CC2)c1. The van der Waals surface area contributed by atoms with Crippen LogP contribution < -0.4 is 10.5 Å². The third-order valence-corrected chi connectivity index (χ3v) is 4.93. The molecule has 0 saturated carbocycles. The number of hydrogen-bond acceptors (Lipinski definition) is 4. The number of piperidine rings is 1. The summed E-state index contributed by atoms with van der Waals surface area (Å²) in [5, 5.41) is 0. The van der Waals surface area contributed by atoms with E-state index in [1.54, 1.807) is 0 Å². The second-order valence-electron chi connectivity index (χ2n) is 6.82. The Kier molecular flexibility index (Phi) is 6.82. The molecule has 0 aromatic heterocycles. The number of carbonyl (C=O) groups is 2. The van der Waals surface area contributed by atoms with Crippen LogP contribution in [0.5, 0.6) is 5.75 Å². The third kappa shape index (κ3) is 5.46. The van der Waals surface area contributed by atoms with E-state index in [0.29, 0.717) is 39.1 Å². The molecule has 138 valence electrons. The Labute approximate surface area is 149 Å². The zero-order valence-electron chi connectivity index (χ0n) is 15.4. The molecule has 1 aromatic rings. The van der Waals surface area contributed by atoms with Gasteiger partial charge in [0.1, 0.15) is 12.4 Å². The van der Waals surface area contributed by atoms with Gasteiger partial charge in [-0.3, -0.25) is 14.5 Å². The van der Waals surface area contributed by atoms with Crippen molar-refractivity contribution in [3.8, 4) is 5.75 Å². The number of carbonyl (C=O) groups excluding carboxylic acids is 2. The van der Waals surface area contributed by atoms with Crippen LogP contribution in [0, 0.1) is 12.8 Å². The lowest BCUT2D eigenvalue weighted by atomic mass is 9.96. The molecule has 6 heteroatoms. The fraction of sp³-hybridized carbons (Fsp3) is 0.579. The van der Waals surface area contributed by atoms with E-state index in [2.05, 4.69) is 0 Å². The smallest absolute Gasteiger partial charge is 0.239 e. The highest BCUT2D eigenvalue weighted by Crippen LogP contribution is 2.18. The number of hydrogen-bond donors (Lipinski definition) is 1. The van der Waals surface area contributed by atoms with Crippen LogP contribution in [-0.2, 0) is 9.59 Å². The van der Waals surface area contributed by atoms with E-state index in [9.17, 15) is 9.59 Å². The van der Waals surface area contributed by atoms with E-state index < -0.39 is 0 Å². The van der Waals surface area contributed by atoms with Gasteiger partial charge in [0.2, 0.25) is 11.8 Å². The van der Waals surface area contributed by atoms with Crippen LogP contribution in [0.25, 0.3) is 0 Å². The average Bonchev–Trinajstić information content (AvgIpc) is 2.60. The molecule has 1 aliphatic rings. The predicted octanol–water partition coefficient (Wildman–Crippen LogP) is 1.42. The summed E-state index contributed by atoms with van der Waals surface area (Å²) in [5.41, 5.74) is 6.51. The Morgan fingerprint density at radius 3 is 2.64 bits per heavy atom. The number of benzene rings is 1. The number of ether oxygens (including phenoxy) is 1. The highest BCUT2D eigenvalue weighted by atomic mass is 16.5. The average molecular weight is 347 g/mol. The Balaban J connectivity index is 1.76. The summed E-state index contributed by atoms with van der Waals surface area (Å²) in [6, 6.07) is 7.71. The first-order chi connectivity index (χ1) is 11.9. The molecule has 2 rings (SSSR count). The van der Waals surface area contributed by atoms with Gasteiger partial charge in [0, 0.05) is 25.6 Å². The summed E-state index contributed by atoms with van der Waals surface area (Å²) in [6.45, 7) is 6.34. The van der Waals surface area contributed by atoms with Gasteiger partial charge in [-0.05, 0) is 51.4 Å². The van der Waals surface area contributed by atoms with Gasteiger partial charge in [-0.15, -0.1) is 0 Å². The number of primary amides is 1. The minimum atomic E-state index is -0.259. The lowest BCUT2D eigenvalue weighted by Crippen LogP contribution is -2.50. The molecule has 1 aliphatic heterocycles. The summed E-state index contributed by atoms with van der Waals surface area (Å²) < 4.78 is 5.76. The zero-order valence-corrected chi connectivity index (χ0v) is 15.4. The molecule has 2 amide bonds. The maximum absolute atomic E-state index is 12.6. The molecule has 0 aliphatic carbocycles. The summed E-state index contributed by atoms with van der Waals surface area (Å²) in [7, 11) is 1.93. The summed E-state index contributed by atoms with van der Waals surface area (Å²) in [4.78, 5) is 27.7. The molecular formula is C19H29N3O3. The molecular weight excluding hydrogens is 318 g/mol. The molecule has 6 nitrogen and oxygen atoms in total. The number of aryl methyl sites for hydroxylation is 1. The molecule has 0 bridgehead atoms. The number of nitrogens with zero attached hydrogens (tertiary/aromatic N) is 2. The second kappa shape index (κ2) is 8.85. The van der Waals surface area contributed by atoms with Gasteiger partial charge in [-0.2, -0.15) is 0 Å². The van der Waals surface area contributed by atoms with E-state index >= 15 is 0 Å². The molecule has 1 saturated heterocycles. The number of likely N-dealkylation sites (tertiary alicyclic amines) is 1. The first-order valence-electron chi connectivity index (χ1n) is 8.86. The molecule has 2 N–H and O–H groups in total. The minimum Gasteiger partial charge on any atom is -0.492 e. The molecule has 1 heterocycles. The first-order valence-corrected chi connectivity index (χ1v) is 8.86. The highest BCUT2D eigenvalue weighted by Gasteiger charge is 2.29. The fourth-order valence-corrected chi connectivity index (χ4v) is 3.04. The van der Waals surface area contributed by atoms with Gasteiger partial charge in [0.25, 0.3) is 0 Å². The van der Waals surface area contributed by atoms with Crippen molar-refractivity contribution in [3.05, 3.63) is 29.8 Å². The van der Waals surface area contributed by atoms with Crippen molar-refractivity contribution >= 4 is 11.8 Å². The quantitative estimate of drug-likeness (QED) is 0.809. The Bertz CT molecular complexity index is 597. The van der Waals surface area contributed by atoms with E-state index in [0.717, 1.165) is 11.3 Å². The van der Waals surface area contributed by atoms with E-state index in [-0.39, 0.29) is 23.8 Å². The van der Waals surface area contributed by atoms with Crippen LogP contribution in [0.2, 0.25) is 0 Å². The normalized spacial score (nSPS) is 16.7. The largest absolute Gasteiger partial charge is 0.492 e. The molecule has 1 atom stereocenters. The Morgan fingerprint density at radius 2 is 2.04 bits per heavy atom. The van der Waals surface area contributed by atoms with Crippen LogP contribution in [0.3, 0.4) is 0 Å². The lowest BCUT2D eigenvalue weighted by Gasteiger charge is -2.34. The number of likely N-dealkylation sites (N-methyl/N-ethyl adjacent to an activating group) is 1. The number of rotatable bonds is 7. The van der Waals surface area contributed by atoms with Crippen molar-refractivity contribution in [1.29, 1.82) is 0 Å². The van der Waals surface area contributed by atoms with Gasteiger partial charge in [0.15, 0.2) is 0 Å². The van der Waals surface area contributed by atoms with Crippen molar-refractivity contribution in [3.63, 3.8) is 0 Å². The van der Waals surface area contributed by atoms with E-state index in [1.807, 2.05) is 55.0 Å². The Hall–Kier alpha value is -2.08. The van der Waals surface area contributed by atoms with Crippen molar-refractivity contribution in [1.82, 2.24) is 9.80 Å². The molecule has 1 aromatic carbocycles. The second-order valence-corrected chi connectivity index (χ2v) is 6.82. The standard InChI is InChI=1S/C19H29N3O3/c1-14-5-4-6-17(13-14)25-12-11-21(3)15(2)19(24)22-9-7-16(8-10-22)18(20)23/h4-6,13,15-16H,7-12H2,1-3H3,(H2,20,23)/t15-/m0/s1. The summed E-state index contributed by atoms with van der Waals surface area (Å²) >= 11 is 0. The molecule has 0 radical (unpaired) electrons. The molecule has 1 fully saturated rings. The van der Waals surface area contributed by atoms with Gasteiger partial charge in [-0.1, -0.05) is 12.1 Å². The van der Waals surface area contributed by atoms with Crippen LogP contribution in [0.4, 0.5) is 0 Å². The number of amides is 2. The van der Waals surface area contributed by atoms with Crippen LogP contribution in [0.1, 0.15) is 25.3 Å². The first kappa shape index (κ1) is 19.2. The van der Waals surface area contributed by atoms with E-state index in [1.165, 1.54) is 0 Å². The van der Waals surface area contributed by atoms with Gasteiger partial charge in [0.05, 0.1) is 6.04 Å². The summed E-state index contributed by atoms with van der Waals surface area (Å²) in [6.07, 6.45) is 1.32. The van der Waals surface area contributed by atoms with Crippen LogP contribution >= 0.6 is 0 Å². The minimum absolute atomic E-state index is 0.0974. The van der Waals surface area contributed by atoms with Crippen molar-refractivity contribution in [2.24, 2.45) is 11.7 Å². The van der Waals surface area contributed by atoms with Crippen LogP contribution in [0.15, 0.2) is 24.3 Å². The lowest BCUT2D eigenvalue weighted by molar-refractivity contribution is -0.139. The van der Waals surface area contributed by atoms with Crippen molar-refractivity contribution in [2.75, 3.05) is 33.3 Å². The van der Waals surface area contributed by atoms with Gasteiger partial charge >= 0.3 is 0 Å². The van der Waals surface area contributed by atoms with Crippen LogP contribution in [-0.4, -0.2) is 60.9 Å². The summed E-state index contributed by atoms with van der Waals surface area (Å²) in [5.74, 6) is 0.590. The van der Waals surface area contributed by atoms with Gasteiger partial charge in [-0.25, -0.2) is 0 Å².